The zero-order valence-electron chi connectivity index (χ0n) is 20.5. The minimum Gasteiger partial charge on any atom is -0.399 e. The fraction of sp³-hybridized carbons (Fsp3) is 0.100. The van der Waals surface area contributed by atoms with Crippen LogP contribution in [0.4, 0.5) is 14.5 Å². The smallest absolute Gasteiger partial charge is 0.195 e. The van der Waals surface area contributed by atoms with Crippen molar-refractivity contribution in [3.8, 4) is 11.1 Å². The van der Waals surface area contributed by atoms with Gasteiger partial charge in [-0.3, -0.25) is 4.79 Å². The highest BCUT2D eigenvalue weighted by molar-refractivity contribution is 7.92. The van der Waals surface area contributed by atoms with Crippen LogP contribution in [0.15, 0.2) is 95.9 Å². The number of rotatable bonds is 7. The maximum atomic E-state index is 15.2. The van der Waals surface area contributed by atoms with Crippen molar-refractivity contribution in [1.82, 2.24) is 4.57 Å². The summed E-state index contributed by atoms with van der Waals surface area (Å²) >= 11 is 0. The van der Waals surface area contributed by atoms with Gasteiger partial charge in [0.05, 0.1) is 17.1 Å². The molecular formula is C30H24F2N2O3S. The standard InChI is InChI=1S/C30H24F2N2O3S/c1-19-13-14-27-24(15-19)29(23-10-3-5-12-26(23)32)30(34(27)17-20-7-2-4-11-25(20)31)28(35)18-38(36,37)22-9-6-8-21(33)16-22/h2-16H,17-18,33H2,1H3. The van der Waals surface area contributed by atoms with E-state index in [1.165, 1.54) is 36.4 Å². The average molecular weight is 531 g/mol. The summed E-state index contributed by atoms with van der Waals surface area (Å²) in [5.74, 6) is -2.65. The van der Waals surface area contributed by atoms with E-state index in [-0.39, 0.29) is 33.9 Å². The number of sulfone groups is 1. The summed E-state index contributed by atoms with van der Waals surface area (Å²) in [5.41, 5.74) is 8.16. The second-order valence-electron chi connectivity index (χ2n) is 9.16. The molecule has 5 nitrogen and oxygen atoms in total. The quantitative estimate of drug-likeness (QED) is 0.201. The van der Waals surface area contributed by atoms with Crippen molar-refractivity contribution in [1.29, 1.82) is 0 Å². The van der Waals surface area contributed by atoms with Crippen molar-refractivity contribution < 1.29 is 22.0 Å². The van der Waals surface area contributed by atoms with Crippen molar-refractivity contribution in [2.24, 2.45) is 0 Å². The van der Waals surface area contributed by atoms with Gasteiger partial charge < -0.3 is 10.3 Å². The zero-order valence-corrected chi connectivity index (χ0v) is 21.3. The number of nitrogens with two attached hydrogens (primary N) is 1. The highest BCUT2D eigenvalue weighted by Gasteiger charge is 2.29. The lowest BCUT2D eigenvalue weighted by atomic mass is 9.99. The van der Waals surface area contributed by atoms with Gasteiger partial charge in [-0.2, -0.15) is 0 Å². The van der Waals surface area contributed by atoms with Gasteiger partial charge in [0.2, 0.25) is 0 Å². The third-order valence-corrected chi connectivity index (χ3v) is 8.07. The predicted molar refractivity (Wildman–Crippen MR) is 145 cm³/mol. The second-order valence-corrected chi connectivity index (χ2v) is 11.1. The molecular weight excluding hydrogens is 506 g/mol. The molecule has 38 heavy (non-hydrogen) atoms. The average Bonchev–Trinajstić information content (AvgIpc) is 3.18. The molecule has 2 N–H and O–H groups in total. The van der Waals surface area contributed by atoms with Crippen molar-refractivity contribution in [2.75, 3.05) is 11.5 Å². The van der Waals surface area contributed by atoms with Crippen LogP contribution in [0.25, 0.3) is 22.0 Å². The zero-order chi connectivity index (χ0) is 27.0. The van der Waals surface area contributed by atoms with Crippen LogP contribution >= 0.6 is 0 Å². The van der Waals surface area contributed by atoms with Gasteiger partial charge in [0, 0.05) is 33.3 Å². The summed E-state index contributed by atoms with van der Waals surface area (Å²) in [5, 5.41) is 0.566. The molecule has 0 fully saturated rings. The Labute approximate surface area is 219 Å². The van der Waals surface area contributed by atoms with Crippen molar-refractivity contribution in [3.05, 3.63) is 119 Å². The normalized spacial score (nSPS) is 11.7. The molecule has 1 aromatic heterocycles. The SMILES string of the molecule is Cc1ccc2c(c1)c(-c1ccccc1F)c(C(=O)CS(=O)(=O)c1cccc(N)c1)n2Cc1ccccc1F. The first kappa shape index (κ1) is 25.4. The maximum absolute atomic E-state index is 15.2. The minimum atomic E-state index is -4.09. The molecule has 0 aliphatic heterocycles. The number of fused-ring (bicyclic) bond motifs is 1. The number of nitrogens with zero attached hydrogens (tertiary/aromatic N) is 1. The van der Waals surface area contributed by atoms with Gasteiger partial charge in [-0.1, -0.05) is 54.1 Å². The molecule has 0 bridgehead atoms. The van der Waals surface area contributed by atoms with Crippen molar-refractivity contribution in [2.45, 2.75) is 18.4 Å². The van der Waals surface area contributed by atoms with Gasteiger partial charge in [0.25, 0.3) is 0 Å². The van der Waals surface area contributed by atoms with Crippen LogP contribution in [-0.2, 0) is 16.4 Å². The number of hydrogen-bond donors (Lipinski definition) is 1. The number of carbonyl (C=O) groups excluding carboxylic acids is 1. The Hall–Kier alpha value is -4.30. The van der Waals surface area contributed by atoms with Crippen LogP contribution < -0.4 is 5.73 Å². The van der Waals surface area contributed by atoms with Crippen LogP contribution in [0.1, 0.15) is 21.6 Å². The van der Waals surface area contributed by atoms with E-state index in [1.807, 2.05) is 19.1 Å². The number of nitrogen functional groups attached to an aromatic ring is 1. The summed E-state index contributed by atoms with van der Waals surface area (Å²) in [6.07, 6.45) is 0. The molecule has 0 radical (unpaired) electrons. The Morgan fingerprint density at radius 3 is 2.29 bits per heavy atom. The molecule has 192 valence electrons. The Morgan fingerprint density at radius 1 is 0.868 bits per heavy atom. The van der Waals surface area contributed by atoms with Gasteiger partial charge in [0.1, 0.15) is 17.4 Å². The molecule has 4 aromatic carbocycles. The maximum Gasteiger partial charge on any atom is 0.195 e. The first-order valence-corrected chi connectivity index (χ1v) is 13.5. The van der Waals surface area contributed by atoms with E-state index in [1.54, 1.807) is 47.0 Å². The lowest BCUT2D eigenvalue weighted by molar-refractivity contribution is 0.101. The van der Waals surface area contributed by atoms with Gasteiger partial charge >= 0.3 is 0 Å². The van der Waals surface area contributed by atoms with E-state index in [9.17, 15) is 17.6 Å². The predicted octanol–water partition coefficient (Wildman–Crippen LogP) is 6.18. The molecule has 0 saturated heterocycles. The molecule has 0 saturated carbocycles. The highest BCUT2D eigenvalue weighted by atomic mass is 32.2. The van der Waals surface area contributed by atoms with E-state index in [0.717, 1.165) is 5.56 Å². The molecule has 5 aromatic rings. The van der Waals surface area contributed by atoms with Gasteiger partial charge in [-0.05, 0) is 49.4 Å². The van der Waals surface area contributed by atoms with E-state index in [4.69, 9.17) is 5.73 Å². The number of aromatic nitrogens is 1. The summed E-state index contributed by atoms with van der Waals surface area (Å²) in [4.78, 5) is 13.8. The Kier molecular flexibility index (Phi) is 6.59. The Balaban J connectivity index is 1.77. The molecule has 0 aliphatic carbocycles. The number of halogens is 2. The van der Waals surface area contributed by atoms with Gasteiger partial charge in [0.15, 0.2) is 15.6 Å². The van der Waals surface area contributed by atoms with Gasteiger partial charge in [-0.25, -0.2) is 17.2 Å². The molecule has 0 spiro atoms. The van der Waals surface area contributed by atoms with Crippen LogP contribution in [0.5, 0.6) is 0 Å². The number of Topliss-reactive ketones (excluding diaryl/α,β-unsaturated/α-hetero) is 1. The first-order valence-electron chi connectivity index (χ1n) is 11.9. The number of ketones is 1. The topological polar surface area (TPSA) is 82.2 Å². The number of anilines is 1. The Morgan fingerprint density at radius 2 is 1.58 bits per heavy atom. The lowest BCUT2D eigenvalue weighted by Crippen LogP contribution is -2.21. The number of benzene rings is 4. The summed E-state index contributed by atoms with van der Waals surface area (Å²) < 4.78 is 58.0. The minimum absolute atomic E-state index is 0.00793. The molecule has 8 heteroatoms. The number of hydrogen-bond acceptors (Lipinski definition) is 4. The largest absolute Gasteiger partial charge is 0.399 e. The summed E-state index contributed by atoms with van der Waals surface area (Å²) in [7, 11) is -4.09. The van der Waals surface area contributed by atoms with Crippen LogP contribution in [0.2, 0.25) is 0 Å². The fourth-order valence-electron chi connectivity index (χ4n) is 4.69. The summed E-state index contributed by atoms with van der Waals surface area (Å²) in [6.45, 7) is 1.81. The molecule has 1 heterocycles. The van der Waals surface area contributed by atoms with Crippen LogP contribution in [-0.4, -0.2) is 24.5 Å². The second kappa shape index (κ2) is 9.87. The molecule has 0 aliphatic rings. The number of carbonyl (C=O) groups is 1. The van der Waals surface area contributed by atoms with Gasteiger partial charge in [-0.15, -0.1) is 0 Å². The first-order chi connectivity index (χ1) is 18.2. The lowest BCUT2D eigenvalue weighted by Gasteiger charge is -2.13. The Bertz CT molecular complexity index is 1810. The van der Waals surface area contributed by atoms with Crippen molar-refractivity contribution in [3.63, 3.8) is 0 Å². The summed E-state index contributed by atoms with van der Waals surface area (Å²) in [6, 6.07) is 23.3. The monoisotopic (exact) mass is 530 g/mol. The van der Waals surface area contributed by atoms with E-state index in [2.05, 4.69) is 0 Å². The third kappa shape index (κ3) is 4.70. The van der Waals surface area contributed by atoms with E-state index >= 15 is 4.39 Å². The molecule has 0 atom stereocenters. The van der Waals surface area contributed by atoms with E-state index in [0.29, 0.717) is 16.5 Å². The van der Waals surface area contributed by atoms with Crippen molar-refractivity contribution >= 4 is 32.2 Å². The van der Waals surface area contributed by atoms with E-state index < -0.39 is 33.0 Å². The van der Waals surface area contributed by atoms with Crippen LogP contribution in [0, 0.1) is 18.6 Å². The highest BCUT2D eigenvalue weighted by Crippen LogP contribution is 2.38. The molecule has 0 amide bonds. The number of aryl methyl sites for hydroxylation is 1. The fourth-order valence-corrected chi connectivity index (χ4v) is 5.94. The molecule has 0 unspecified atom stereocenters. The van der Waals surface area contributed by atoms with Crippen LogP contribution in [0.3, 0.4) is 0 Å². The third-order valence-electron chi connectivity index (χ3n) is 6.45. The molecule has 5 rings (SSSR count).